The molecule has 4 aliphatic rings. The maximum atomic E-state index is 14.2. The molecule has 1 unspecified atom stereocenters. The Balaban J connectivity index is 0.805. The number of esters is 2. The molecule has 0 spiro atoms. The van der Waals surface area contributed by atoms with Crippen molar-refractivity contribution in [3.63, 3.8) is 0 Å². The van der Waals surface area contributed by atoms with Crippen LogP contribution in [-0.2, 0) is 44.4 Å². The molecule has 3 saturated heterocycles. The van der Waals surface area contributed by atoms with E-state index in [2.05, 4.69) is 20.9 Å². The predicted molar refractivity (Wildman–Crippen MR) is 298 cm³/mol. The minimum absolute atomic E-state index is 0.0301. The third kappa shape index (κ3) is 12.1. The van der Waals surface area contributed by atoms with Crippen molar-refractivity contribution in [1.82, 2.24) is 9.62 Å². The van der Waals surface area contributed by atoms with Crippen LogP contribution in [0.4, 0.5) is 22.7 Å². The van der Waals surface area contributed by atoms with Crippen molar-refractivity contribution >= 4 is 102 Å². The van der Waals surface area contributed by atoms with Gasteiger partial charge in [0.1, 0.15) is 22.3 Å². The summed E-state index contributed by atoms with van der Waals surface area (Å²) in [6, 6.07) is 23.0. The number of nitrogens with one attached hydrogen (secondary N) is 3. The number of hydrogen-bond donors (Lipinski definition) is 3. The first-order valence-corrected chi connectivity index (χ1v) is 28.7. The van der Waals surface area contributed by atoms with Crippen molar-refractivity contribution in [2.75, 3.05) is 46.7 Å². The lowest BCUT2D eigenvalue weighted by atomic mass is 9.89. The van der Waals surface area contributed by atoms with E-state index in [1.807, 2.05) is 62.4 Å². The highest BCUT2D eigenvalue weighted by atomic mass is 35.5. The lowest BCUT2D eigenvalue weighted by molar-refractivity contribution is -0.157. The number of imide groups is 1. The Morgan fingerprint density at radius 3 is 2.23 bits per heavy atom. The van der Waals surface area contributed by atoms with Gasteiger partial charge in [-0.1, -0.05) is 48.0 Å². The average molecular weight is 1110 g/mol. The molecule has 0 aliphatic carbocycles. The van der Waals surface area contributed by atoms with Crippen LogP contribution in [0.15, 0.2) is 78.9 Å². The minimum atomic E-state index is -3.82. The van der Waals surface area contributed by atoms with E-state index in [9.17, 15) is 37.2 Å². The molecule has 4 amide bonds. The van der Waals surface area contributed by atoms with Gasteiger partial charge in [0.2, 0.25) is 27.7 Å². The molecule has 20 heteroatoms. The summed E-state index contributed by atoms with van der Waals surface area (Å²) in [7, 11) is -3.82. The average Bonchev–Trinajstić information content (AvgIpc) is 3.95. The molecule has 5 heterocycles. The molecule has 17 nitrogen and oxygen atoms in total. The number of anilines is 4. The van der Waals surface area contributed by atoms with E-state index in [1.54, 1.807) is 76.2 Å². The highest BCUT2D eigenvalue weighted by Gasteiger charge is 2.43. The molecule has 9 rings (SSSR count). The smallest absolute Gasteiger partial charge is 0.352 e. The molecule has 1 aromatic heterocycles. The molecule has 0 radical (unpaired) electrons. The number of nitrogens with zero attached hydrogens (tertiary/aromatic N) is 3. The first-order chi connectivity index (χ1) is 36.2. The SMILES string of the molecule is CC(C)(C)OC(=O)COc1c(C(=O)OC(C)(C)C)sc(-c2cccc(N[C@H]3CCN(S(=O)(=O)Cc4cccc(NC(=O)C5CCN(c6ccc7c8c(cccc68)N(C6CCC(=O)NC6=O)C7=O)CC5)c4)C(C)(C)C3)c2)c1Cl. The highest BCUT2D eigenvalue weighted by Crippen LogP contribution is 2.48. The predicted octanol–water partition coefficient (Wildman–Crippen LogP) is 9.70. The highest BCUT2D eigenvalue weighted by molar-refractivity contribution is 7.88. The van der Waals surface area contributed by atoms with Gasteiger partial charge in [0, 0.05) is 71.4 Å². The number of benzene rings is 4. The van der Waals surface area contributed by atoms with Crippen molar-refractivity contribution in [2.45, 2.75) is 128 Å². The molecule has 0 bridgehead atoms. The van der Waals surface area contributed by atoms with Crippen LogP contribution in [0.5, 0.6) is 5.75 Å². The zero-order valence-corrected chi connectivity index (χ0v) is 46.9. The molecule has 3 N–H and O–H groups in total. The van der Waals surface area contributed by atoms with E-state index in [4.69, 9.17) is 25.8 Å². The van der Waals surface area contributed by atoms with Crippen molar-refractivity contribution in [3.05, 3.63) is 99.9 Å². The summed E-state index contributed by atoms with van der Waals surface area (Å²) < 4.78 is 47.0. The van der Waals surface area contributed by atoms with E-state index in [1.165, 1.54) is 4.90 Å². The third-order valence-corrected chi connectivity index (χ3v) is 17.8. The van der Waals surface area contributed by atoms with Crippen LogP contribution in [-0.4, -0.2) is 103 Å². The summed E-state index contributed by atoms with van der Waals surface area (Å²) in [5.41, 5.74) is 2.31. The van der Waals surface area contributed by atoms with Crippen LogP contribution in [0.25, 0.3) is 21.2 Å². The Morgan fingerprint density at radius 1 is 0.831 bits per heavy atom. The van der Waals surface area contributed by atoms with Crippen LogP contribution in [0.2, 0.25) is 5.02 Å². The molecule has 5 aromatic rings. The summed E-state index contributed by atoms with van der Waals surface area (Å²) in [4.78, 5) is 82.5. The van der Waals surface area contributed by atoms with Gasteiger partial charge < -0.3 is 29.7 Å². The van der Waals surface area contributed by atoms with Gasteiger partial charge in [-0.05, 0) is 141 Å². The molecule has 4 aromatic carbocycles. The van der Waals surface area contributed by atoms with Gasteiger partial charge in [-0.3, -0.25) is 29.4 Å². The quantitative estimate of drug-likeness (QED) is 0.0700. The maximum Gasteiger partial charge on any atom is 0.352 e. The largest absolute Gasteiger partial charge is 0.479 e. The number of rotatable bonds is 14. The fourth-order valence-electron chi connectivity index (χ4n) is 10.8. The maximum absolute atomic E-state index is 14.2. The van der Waals surface area contributed by atoms with Crippen molar-refractivity contribution < 1.29 is 51.4 Å². The van der Waals surface area contributed by atoms with Crippen LogP contribution in [0.1, 0.15) is 120 Å². The summed E-state index contributed by atoms with van der Waals surface area (Å²) >= 11 is 8.03. The van der Waals surface area contributed by atoms with Gasteiger partial charge in [-0.25, -0.2) is 18.0 Å². The van der Waals surface area contributed by atoms with E-state index in [-0.39, 0.29) is 70.5 Å². The molecular weight excluding hydrogens is 1040 g/mol. The second-order valence-corrected chi connectivity index (χ2v) is 26.1. The second kappa shape index (κ2) is 21.4. The molecule has 77 heavy (non-hydrogen) atoms. The van der Waals surface area contributed by atoms with Crippen LogP contribution in [0, 0.1) is 5.92 Å². The number of piperidine rings is 3. The summed E-state index contributed by atoms with van der Waals surface area (Å²) in [5, 5.41) is 10.8. The Hall–Kier alpha value is -6.54. The first kappa shape index (κ1) is 55.2. The minimum Gasteiger partial charge on any atom is -0.479 e. The van der Waals surface area contributed by atoms with Gasteiger partial charge in [0.25, 0.3) is 5.91 Å². The third-order valence-electron chi connectivity index (χ3n) is 14.1. The van der Waals surface area contributed by atoms with Crippen molar-refractivity contribution in [2.24, 2.45) is 5.92 Å². The molecule has 408 valence electrons. The number of carbonyl (C=O) groups excluding carboxylic acids is 6. The lowest BCUT2D eigenvalue weighted by Crippen LogP contribution is -2.55. The zero-order valence-electron chi connectivity index (χ0n) is 44.5. The Bertz CT molecular complexity index is 3300. The first-order valence-electron chi connectivity index (χ1n) is 25.9. The monoisotopic (exact) mass is 1110 g/mol. The number of amides is 4. The van der Waals surface area contributed by atoms with Crippen molar-refractivity contribution in [3.8, 4) is 16.2 Å². The van der Waals surface area contributed by atoms with Gasteiger partial charge in [0.15, 0.2) is 17.2 Å². The number of ether oxygens (including phenoxy) is 3. The van der Waals surface area contributed by atoms with Gasteiger partial charge in [-0.15, -0.1) is 11.3 Å². The fourth-order valence-corrected chi connectivity index (χ4v) is 14.2. The Kier molecular flexibility index (Phi) is 15.3. The van der Waals surface area contributed by atoms with E-state index < -0.39 is 57.3 Å². The number of halogens is 1. The number of sulfonamides is 1. The number of carbonyl (C=O) groups is 6. The summed E-state index contributed by atoms with van der Waals surface area (Å²) in [6.45, 7) is 15.3. The lowest BCUT2D eigenvalue weighted by Gasteiger charge is -2.45. The van der Waals surface area contributed by atoms with Gasteiger partial charge in [0.05, 0.1) is 21.9 Å². The van der Waals surface area contributed by atoms with Crippen molar-refractivity contribution in [1.29, 1.82) is 0 Å². The number of thiophene rings is 1. The van der Waals surface area contributed by atoms with Gasteiger partial charge >= 0.3 is 11.9 Å². The molecule has 4 aliphatic heterocycles. The van der Waals surface area contributed by atoms with E-state index >= 15 is 0 Å². The topological polar surface area (TPSA) is 210 Å². The summed E-state index contributed by atoms with van der Waals surface area (Å²) in [5.74, 6) is -3.00. The second-order valence-electron chi connectivity index (χ2n) is 22.8. The Labute approximate surface area is 458 Å². The van der Waals surface area contributed by atoms with E-state index in [0.29, 0.717) is 71.7 Å². The molecular formula is C57H65ClN6O11S2. The van der Waals surface area contributed by atoms with Crippen LogP contribution in [0.3, 0.4) is 0 Å². The van der Waals surface area contributed by atoms with Crippen LogP contribution < -0.4 is 30.5 Å². The zero-order chi connectivity index (χ0) is 55.4. The summed E-state index contributed by atoms with van der Waals surface area (Å²) in [6.07, 6.45) is 2.59. The standard InChI is InChI=1S/C57H65ClN6O11S2/c1-55(2,3)74-45(66)31-73-48-47(58)49(76-50(48)54(70)75-56(4,5)6)35-13-10-15-37(29-35)59-38-24-27-63(57(7,8)30-38)77(71,72)32-33-12-9-14-36(28-33)60-51(67)34-22-25-62(26-23-34)41-19-18-40-46-39(41)16-11-17-42(46)64(53(40)69)43-20-21-44(65)61-52(43)68/h9-19,28-29,34,38,43,59H,20-27,30-32H2,1-8H3,(H,60,67)(H,61,65,68)/t38-,43?/m0/s1. The Morgan fingerprint density at radius 2 is 1.53 bits per heavy atom. The normalized spacial score (nSPS) is 19.3. The van der Waals surface area contributed by atoms with Crippen LogP contribution >= 0.6 is 22.9 Å². The number of hydrogen-bond acceptors (Lipinski definition) is 14. The van der Waals surface area contributed by atoms with E-state index in [0.717, 1.165) is 33.5 Å². The van der Waals surface area contributed by atoms with Gasteiger partial charge in [-0.2, -0.15) is 4.31 Å². The molecule has 0 saturated carbocycles. The molecule has 2 atom stereocenters. The molecule has 3 fully saturated rings. The fraction of sp³-hybridized carbons (Fsp3) is 0.439.